The Morgan fingerprint density at radius 1 is 1.00 bits per heavy atom. The van der Waals surface area contributed by atoms with Crippen LogP contribution in [0.2, 0.25) is 0 Å². The molecule has 1 rings (SSSR count). The van der Waals surface area contributed by atoms with E-state index in [1.807, 2.05) is 0 Å². The molecule has 0 saturated heterocycles. The van der Waals surface area contributed by atoms with Gasteiger partial charge in [-0.2, -0.15) is 0 Å². The number of rotatable bonds is 5. The molecule has 0 amide bonds. The summed E-state index contributed by atoms with van der Waals surface area (Å²) in [5.74, 6) is -0.189. The van der Waals surface area contributed by atoms with Crippen molar-refractivity contribution < 1.29 is 4.39 Å². The molecule has 14 heavy (non-hydrogen) atoms. The van der Waals surface area contributed by atoms with E-state index in [9.17, 15) is 4.39 Å². The fraction of sp³-hybridized carbons (Fsp3) is 0.400. The minimum Gasteiger partial charge on any atom is -0.370 e. The first-order valence-corrected chi connectivity index (χ1v) is 6.64. The number of hydrogen-bond acceptors (Lipinski definition) is 1. The molecule has 0 aliphatic carbocycles. The molecule has 0 N–H and O–H groups in total. The molecular formula is C10H12Br2FN. The molecule has 0 fully saturated rings. The first kappa shape index (κ1) is 12.0. The van der Waals surface area contributed by atoms with Crippen LogP contribution in [0.25, 0.3) is 0 Å². The lowest BCUT2D eigenvalue weighted by molar-refractivity contribution is 0.627. The number of halogens is 3. The van der Waals surface area contributed by atoms with E-state index in [1.165, 1.54) is 12.1 Å². The van der Waals surface area contributed by atoms with Crippen molar-refractivity contribution in [3.8, 4) is 0 Å². The number of hydrogen-bond donors (Lipinski definition) is 0. The summed E-state index contributed by atoms with van der Waals surface area (Å²) in [6.45, 7) is 1.86. The lowest BCUT2D eigenvalue weighted by Crippen LogP contribution is -2.27. The van der Waals surface area contributed by atoms with Crippen molar-refractivity contribution >= 4 is 37.5 Å². The molecular weight excluding hydrogens is 313 g/mol. The van der Waals surface area contributed by atoms with Crippen LogP contribution in [0.15, 0.2) is 24.3 Å². The van der Waals surface area contributed by atoms with Gasteiger partial charge >= 0.3 is 0 Å². The van der Waals surface area contributed by atoms with Gasteiger partial charge < -0.3 is 4.90 Å². The van der Waals surface area contributed by atoms with Crippen molar-refractivity contribution in [3.05, 3.63) is 30.1 Å². The Morgan fingerprint density at radius 2 is 1.50 bits per heavy atom. The van der Waals surface area contributed by atoms with E-state index >= 15 is 0 Å². The zero-order valence-corrected chi connectivity index (χ0v) is 10.9. The largest absolute Gasteiger partial charge is 0.370 e. The molecule has 0 radical (unpaired) electrons. The van der Waals surface area contributed by atoms with Crippen molar-refractivity contribution in [1.82, 2.24) is 0 Å². The SMILES string of the molecule is Fc1ccc(N(CCBr)CCBr)cc1. The van der Waals surface area contributed by atoms with E-state index in [2.05, 4.69) is 36.8 Å². The van der Waals surface area contributed by atoms with Crippen LogP contribution in [-0.2, 0) is 0 Å². The highest BCUT2D eigenvalue weighted by Gasteiger charge is 2.04. The van der Waals surface area contributed by atoms with Gasteiger partial charge in [0.05, 0.1) is 0 Å². The Hall–Kier alpha value is -0.0900. The van der Waals surface area contributed by atoms with Gasteiger partial charge in [0.25, 0.3) is 0 Å². The molecule has 0 atom stereocenters. The monoisotopic (exact) mass is 323 g/mol. The predicted molar refractivity (Wildman–Crippen MR) is 66.2 cm³/mol. The third kappa shape index (κ3) is 3.58. The Kier molecular flexibility index (Phi) is 5.48. The molecule has 1 aromatic rings. The lowest BCUT2D eigenvalue weighted by Gasteiger charge is -2.22. The molecule has 0 saturated carbocycles. The maximum Gasteiger partial charge on any atom is 0.123 e. The molecule has 0 spiro atoms. The van der Waals surface area contributed by atoms with E-state index in [0.29, 0.717) is 0 Å². The van der Waals surface area contributed by atoms with E-state index in [1.54, 1.807) is 12.1 Å². The van der Waals surface area contributed by atoms with E-state index in [0.717, 1.165) is 29.4 Å². The Labute approximate surface area is 101 Å². The van der Waals surface area contributed by atoms with Crippen molar-refractivity contribution in [2.75, 3.05) is 28.6 Å². The van der Waals surface area contributed by atoms with Gasteiger partial charge in [-0.25, -0.2) is 4.39 Å². The lowest BCUT2D eigenvalue weighted by atomic mass is 10.3. The minimum atomic E-state index is -0.189. The van der Waals surface area contributed by atoms with Crippen LogP contribution in [0.1, 0.15) is 0 Å². The summed E-state index contributed by atoms with van der Waals surface area (Å²) in [6, 6.07) is 6.59. The fourth-order valence-electron chi connectivity index (χ4n) is 1.23. The normalized spacial score (nSPS) is 10.2. The van der Waals surface area contributed by atoms with Crippen LogP contribution in [0.5, 0.6) is 0 Å². The second-order valence-corrected chi connectivity index (χ2v) is 4.43. The highest BCUT2D eigenvalue weighted by atomic mass is 79.9. The molecule has 1 nitrogen and oxygen atoms in total. The fourth-order valence-corrected chi connectivity index (χ4v) is 2.08. The summed E-state index contributed by atoms with van der Waals surface area (Å²) in [7, 11) is 0. The van der Waals surface area contributed by atoms with Crippen molar-refractivity contribution in [2.24, 2.45) is 0 Å². The van der Waals surface area contributed by atoms with Crippen LogP contribution in [0.4, 0.5) is 10.1 Å². The quantitative estimate of drug-likeness (QED) is 0.750. The van der Waals surface area contributed by atoms with Crippen LogP contribution < -0.4 is 4.90 Å². The van der Waals surface area contributed by atoms with Crippen LogP contribution in [-0.4, -0.2) is 23.7 Å². The standard InChI is InChI=1S/C10H12Br2FN/c11-5-7-14(8-6-12)10-3-1-9(13)2-4-10/h1-4H,5-8H2. The molecule has 0 aromatic heterocycles. The minimum absolute atomic E-state index is 0.189. The average molecular weight is 325 g/mol. The topological polar surface area (TPSA) is 3.24 Å². The molecule has 0 bridgehead atoms. The Morgan fingerprint density at radius 3 is 1.93 bits per heavy atom. The number of alkyl halides is 2. The Balaban J connectivity index is 2.71. The highest BCUT2D eigenvalue weighted by molar-refractivity contribution is 9.09. The predicted octanol–water partition coefficient (Wildman–Crippen LogP) is 3.42. The molecule has 78 valence electrons. The van der Waals surface area contributed by atoms with Crippen LogP contribution >= 0.6 is 31.9 Å². The molecule has 0 aliphatic rings. The maximum absolute atomic E-state index is 12.7. The summed E-state index contributed by atoms with van der Waals surface area (Å²) in [5, 5.41) is 1.83. The van der Waals surface area contributed by atoms with Gasteiger partial charge in [0.15, 0.2) is 0 Å². The van der Waals surface area contributed by atoms with Gasteiger partial charge in [0.2, 0.25) is 0 Å². The second-order valence-electron chi connectivity index (χ2n) is 2.84. The van der Waals surface area contributed by atoms with Crippen molar-refractivity contribution in [1.29, 1.82) is 0 Å². The van der Waals surface area contributed by atoms with E-state index in [4.69, 9.17) is 0 Å². The molecule has 0 aliphatic heterocycles. The van der Waals surface area contributed by atoms with E-state index < -0.39 is 0 Å². The highest BCUT2D eigenvalue weighted by Crippen LogP contribution is 2.14. The first-order chi connectivity index (χ1) is 6.77. The van der Waals surface area contributed by atoms with E-state index in [-0.39, 0.29) is 5.82 Å². The smallest absolute Gasteiger partial charge is 0.123 e. The van der Waals surface area contributed by atoms with Gasteiger partial charge in [0.1, 0.15) is 5.82 Å². The Bertz CT molecular complexity index is 257. The zero-order chi connectivity index (χ0) is 10.4. The summed E-state index contributed by atoms with van der Waals surface area (Å²) in [5.41, 5.74) is 1.06. The molecule has 4 heteroatoms. The summed E-state index contributed by atoms with van der Waals surface area (Å²) in [6.07, 6.45) is 0. The van der Waals surface area contributed by atoms with Crippen LogP contribution in [0, 0.1) is 5.82 Å². The molecule has 0 heterocycles. The number of nitrogens with zero attached hydrogens (tertiary/aromatic N) is 1. The zero-order valence-electron chi connectivity index (χ0n) is 7.72. The van der Waals surface area contributed by atoms with Gasteiger partial charge in [-0.1, -0.05) is 31.9 Å². The maximum atomic E-state index is 12.7. The van der Waals surface area contributed by atoms with Gasteiger partial charge in [0, 0.05) is 29.4 Å². The average Bonchev–Trinajstić information content (AvgIpc) is 2.19. The van der Waals surface area contributed by atoms with Gasteiger partial charge in [-0.15, -0.1) is 0 Å². The number of anilines is 1. The first-order valence-electron chi connectivity index (χ1n) is 4.40. The van der Waals surface area contributed by atoms with Gasteiger partial charge in [-0.05, 0) is 24.3 Å². The second kappa shape index (κ2) is 6.40. The summed E-state index contributed by atoms with van der Waals surface area (Å²) >= 11 is 6.80. The molecule has 0 unspecified atom stereocenters. The van der Waals surface area contributed by atoms with Crippen molar-refractivity contribution in [2.45, 2.75) is 0 Å². The third-order valence-corrected chi connectivity index (χ3v) is 2.61. The summed E-state index contributed by atoms with van der Waals surface area (Å²) in [4.78, 5) is 2.20. The van der Waals surface area contributed by atoms with Crippen LogP contribution in [0.3, 0.4) is 0 Å². The number of benzene rings is 1. The van der Waals surface area contributed by atoms with Crippen molar-refractivity contribution in [3.63, 3.8) is 0 Å². The third-order valence-electron chi connectivity index (χ3n) is 1.90. The van der Waals surface area contributed by atoms with Gasteiger partial charge in [-0.3, -0.25) is 0 Å². The molecule has 1 aromatic carbocycles. The summed E-state index contributed by atoms with van der Waals surface area (Å²) < 4.78 is 12.7.